The minimum atomic E-state index is -0.532. The molecule has 0 saturated carbocycles. The van der Waals surface area contributed by atoms with Gasteiger partial charge in [-0.3, -0.25) is 9.36 Å². The van der Waals surface area contributed by atoms with Crippen molar-refractivity contribution in [2.75, 3.05) is 12.3 Å². The Morgan fingerprint density at radius 3 is 2.88 bits per heavy atom. The molecular formula is C22H23N5O4S. The van der Waals surface area contributed by atoms with Gasteiger partial charge in [0.15, 0.2) is 5.82 Å². The van der Waals surface area contributed by atoms with Gasteiger partial charge in [0, 0.05) is 4.88 Å². The van der Waals surface area contributed by atoms with Crippen molar-refractivity contribution in [1.82, 2.24) is 19.5 Å². The number of aryl methyl sites for hydroxylation is 3. The molecule has 0 saturated heterocycles. The van der Waals surface area contributed by atoms with Gasteiger partial charge in [-0.1, -0.05) is 6.42 Å². The summed E-state index contributed by atoms with van der Waals surface area (Å²) in [5, 5.41) is 1.04. The largest absolute Gasteiger partial charge is 0.462 e. The molecule has 2 N–H and O–H groups in total. The Balaban J connectivity index is 1.56. The average Bonchev–Trinajstić information content (AvgIpc) is 3.18. The molecular weight excluding hydrogens is 430 g/mol. The lowest BCUT2D eigenvalue weighted by atomic mass is 10.1. The van der Waals surface area contributed by atoms with E-state index in [1.165, 1.54) is 22.2 Å². The molecule has 0 bridgehead atoms. The number of thiophene rings is 1. The fourth-order valence-corrected chi connectivity index (χ4v) is 5.55. The van der Waals surface area contributed by atoms with Crippen molar-refractivity contribution >= 4 is 44.4 Å². The number of ether oxygens (including phenoxy) is 1. The molecule has 32 heavy (non-hydrogen) atoms. The Kier molecular flexibility index (Phi) is 5.16. The van der Waals surface area contributed by atoms with Crippen molar-refractivity contribution in [3.8, 4) is 0 Å². The highest BCUT2D eigenvalue weighted by Gasteiger charge is 2.24. The molecule has 0 unspecified atom stereocenters. The van der Waals surface area contributed by atoms with E-state index in [-0.39, 0.29) is 35.8 Å². The molecule has 9 nitrogen and oxygen atoms in total. The molecule has 5 rings (SSSR count). The number of carbonyl (C=O) groups excluding carboxylic acids is 1. The van der Waals surface area contributed by atoms with Crippen molar-refractivity contribution in [3.05, 3.63) is 44.3 Å². The van der Waals surface area contributed by atoms with Gasteiger partial charge in [0.25, 0.3) is 5.56 Å². The minimum absolute atomic E-state index is 0.0977. The van der Waals surface area contributed by atoms with Crippen molar-refractivity contribution in [3.63, 3.8) is 0 Å². The second-order valence-corrected chi connectivity index (χ2v) is 8.96. The number of nitrogens with two attached hydrogens (primary N) is 1. The lowest BCUT2D eigenvalue weighted by Gasteiger charge is -2.07. The topological polar surface area (TPSA) is 126 Å². The fraction of sp³-hybridized carbons (Fsp3) is 0.409. The monoisotopic (exact) mass is 453 g/mol. The van der Waals surface area contributed by atoms with Gasteiger partial charge in [-0.2, -0.15) is 4.98 Å². The van der Waals surface area contributed by atoms with Crippen LogP contribution in [0.2, 0.25) is 0 Å². The molecule has 1 aliphatic rings. The van der Waals surface area contributed by atoms with Crippen LogP contribution in [0.4, 0.5) is 5.82 Å². The van der Waals surface area contributed by atoms with Gasteiger partial charge in [0.05, 0.1) is 30.3 Å². The summed E-state index contributed by atoms with van der Waals surface area (Å²) < 4.78 is 12.3. The van der Waals surface area contributed by atoms with Crippen LogP contribution >= 0.6 is 11.3 Å². The molecule has 0 spiro atoms. The first kappa shape index (κ1) is 20.6. The van der Waals surface area contributed by atoms with Crippen LogP contribution in [0.5, 0.6) is 0 Å². The molecule has 0 aromatic carbocycles. The smallest absolute Gasteiger partial charge is 0.342 e. The molecule has 4 heterocycles. The fourth-order valence-electron chi connectivity index (χ4n) is 4.33. The number of aromatic nitrogens is 4. The summed E-state index contributed by atoms with van der Waals surface area (Å²) in [4.78, 5) is 41.0. The third-order valence-corrected chi connectivity index (χ3v) is 6.98. The Morgan fingerprint density at radius 2 is 2.06 bits per heavy atom. The van der Waals surface area contributed by atoms with Gasteiger partial charge in [-0.15, -0.1) is 11.3 Å². The number of furan rings is 1. The lowest BCUT2D eigenvalue weighted by molar-refractivity contribution is 0.0526. The van der Waals surface area contributed by atoms with Crippen LogP contribution in [0, 0.1) is 6.92 Å². The van der Waals surface area contributed by atoms with Crippen LogP contribution in [0.3, 0.4) is 0 Å². The van der Waals surface area contributed by atoms with Crippen molar-refractivity contribution in [1.29, 1.82) is 0 Å². The highest BCUT2D eigenvalue weighted by molar-refractivity contribution is 7.18. The third-order valence-electron chi connectivity index (χ3n) is 5.79. The van der Waals surface area contributed by atoms with Crippen molar-refractivity contribution in [2.45, 2.75) is 52.5 Å². The lowest BCUT2D eigenvalue weighted by Crippen LogP contribution is -2.22. The number of nitrogens with zero attached hydrogens (tertiary/aromatic N) is 4. The van der Waals surface area contributed by atoms with E-state index in [9.17, 15) is 9.59 Å². The summed E-state index contributed by atoms with van der Waals surface area (Å²) >= 11 is 1.62. The van der Waals surface area contributed by atoms with Crippen LogP contribution in [-0.2, 0) is 24.1 Å². The molecule has 1 aliphatic carbocycles. The summed E-state index contributed by atoms with van der Waals surface area (Å²) in [6, 6.07) is 0. The first-order valence-corrected chi connectivity index (χ1v) is 11.5. The normalized spacial score (nSPS) is 13.9. The first-order chi connectivity index (χ1) is 15.5. The zero-order valence-electron chi connectivity index (χ0n) is 17.9. The van der Waals surface area contributed by atoms with E-state index in [0.29, 0.717) is 22.4 Å². The van der Waals surface area contributed by atoms with E-state index in [1.54, 1.807) is 25.2 Å². The van der Waals surface area contributed by atoms with E-state index >= 15 is 0 Å². The molecule has 10 heteroatoms. The number of nitrogen functional groups attached to an aromatic ring is 1. The van der Waals surface area contributed by atoms with E-state index in [2.05, 4.69) is 15.0 Å². The predicted molar refractivity (Wildman–Crippen MR) is 121 cm³/mol. The zero-order chi connectivity index (χ0) is 22.4. The summed E-state index contributed by atoms with van der Waals surface area (Å²) in [6.07, 6.45) is 6.87. The SMILES string of the molecule is CCOC(=O)c1c(C)oc2nc(Cn3cnc4sc5c(c4c3=O)CCCCC5)nc(N)c12. The van der Waals surface area contributed by atoms with Crippen LogP contribution < -0.4 is 11.3 Å². The number of anilines is 1. The van der Waals surface area contributed by atoms with Gasteiger partial charge in [0.1, 0.15) is 22.0 Å². The molecule has 166 valence electrons. The molecule has 4 aromatic heterocycles. The summed E-state index contributed by atoms with van der Waals surface area (Å²) in [7, 11) is 0. The van der Waals surface area contributed by atoms with E-state index in [4.69, 9.17) is 14.9 Å². The molecule has 4 aromatic rings. The zero-order valence-corrected chi connectivity index (χ0v) is 18.8. The Labute approximate surface area is 187 Å². The number of esters is 1. The number of hydrogen-bond acceptors (Lipinski definition) is 9. The Bertz CT molecular complexity index is 1420. The van der Waals surface area contributed by atoms with Crippen LogP contribution in [-0.4, -0.2) is 32.1 Å². The maximum Gasteiger partial charge on any atom is 0.342 e. The van der Waals surface area contributed by atoms with Gasteiger partial charge < -0.3 is 14.9 Å². The third kappa shape index (κ3) is 3.35. The van der Waals surface area contributed by atoms with Gasteiger partial charge in [-0.25, -0.2) is 14.8 Å². The van der Waals surface area contributed by atoms with E-state index < -0.39 is 5.97 Å². The Hall–Kier alpha value is -3.27. The van der Waals surface area contributed by atoms with Crippen LogP contribution in [0.25, 0.3) is 21.3 Å². The molecule has 0 fully saturated rings. The molecule has 0 aliphatic heterocycles. The first-order valence-electron chi connectivity index (χ1n) is 10.7. The number of hydrogen-bond donors (Lipinski definition) is 1. The minimum Gasteiger partial charge on any atom is -0.462 e. The highest BCUT2D eigenvalue weighted by atomic mass is 32.1. The quantitative estimate of drug-likeness (QED) is 0.368. The van der Waals surface area contributed by atoms with Gasteiger partial charge in [-0.05, 0) is 45.1 Å². The number of rotatable bonds is 4. The average molecular weight is 454 g/mol. The summed E-state index contributed by atoms with van der Waals surface area (Å²) in [5.41, 5.74) is 7.63. The van der Waals surface area contributed by atoms with Crippen molar-refractivity contribution in [2.24, 2.45) is 0 Å². The Morgan fingerprint density at radius 1 is 1.25 bits per heavy atom. The maximum atomic E-state index is 13.3. The second kappa shape index (κ2) is 8.01. The highest BCUT2D eigenvalue weighted by Crippen LogP contribution is 2.33. The maximum absolute atomic E-state index is 13.3. The molecule has 0 radical (unpaired) electrons. The summed E-state index contributed by atoms with van der Waals surface area (Å²) in [6.45, 7) is 3.70. The second-order valence-electron chi connectivity index (χ2n) is 7.88. The van der Waals surface area contributed by atoms with E-state index in [1.807, 2.05) is 0 Å². The van der Waals surface area contributed by atoms with Crippen LogP contribution in [0.15, 0.2) is 15.5 Å². The number of fused-ring (bicyclic) bond motifs is 4. The summed E-state index contributed by atoms with van der Waals surface area (Å²) in [5.74, 6) is 0.244. The van der Waals surface area contributed by atoms with Gasteiger partial charge >= 0.3 is 5.97 Å². The number of carbonyl (C=O) groups is 1. The molecule has 0 atom stereocenters. The standard InChI is InChI=1S/C22H23N5O4S/c1-3-30-22(29)15-11(2)31-19-17(15)18(23)25-14(26-19)9-27-10-24-20-16(21(27)28)12-7-5-4-6-8-13(12)32-20/h10H,3-9H2,1-2H3,(H2,23,25,26). The van der Waals surface area contributed by atoms with Crippen molar-refractivity contribution < 1.29 is 13.9 Å². The molecule has 0 amide bonds. The predicted octanol–water partition coefficient (Wildman–Crippen LogP) is 3.38. The van der Waals surface area contributed by atoms with E-state index in [0.717, 1.165) is 36.1 Å². The van der Waals surface area contributed by atoms with Crippen LogP contribution in [0.1, 0.15) is 58.6 Å². The van der Waals surface area contributed by atoms with Gasteiger partial charge in [0.2, 0.25) is 5.71 Å².